The second kappa shape index (κ2) is 6.70. The van der Waals surface area contributed by atoms with Crippen LogP contribution in [0.3, 0.4) is 0 Å². The van der Waals surface area contributed by atoms with Crippen molar-refractivity contribution in [2.75, 3.05) is 19.6 Å². The minimum Gasteiger partial charge on any atom is -0.470 e. The molecule has 1 aliphatic heterocycles. The number of nitrogens with one attached hydrogen (secondary N) is 1. The van der Waals surface area contributed by atoms with Gasteiger partial charge in [-0.05, 0) is 19.8 Å². The molecule has 1 saturated heterocycles. The van der Waals surface area contributed by atoms with Gasteiger partial charge in [-0.3, -0.25) is 0 Å². The van der Waals surface area contributed by atoms with Gasteiger partial charge in [0.2, 0.25) is 5.69 Å². The smallest absolute Gasteiger partial charge is 0.317 e. The van der Waals surface area contributed by atoms with Gasteiger partial charge in [0.15, 0.2) is 0 Å². The number of hydrogen-bond donors (Lipinski definition) is 1. The molecule has 20 heavy (non-hydrogen) atoms. The van der Waals surface area contributed by atoms with Crippen LogP contribution in [0.4, 0.5) is 4.79 Å². The number of nitrogens with zero attached hydrogens (tertiary/aromatic N) is 4. The zero-order valence-corrected chi connectivity index (χ0v) is 11.4. The Morgan fingerprint density at radius 1 is 1.60 bits per heavy atom. The summed E-state index contributed by atoms with van der Waals surface area (Å²) in [6, 6.07) is 1.87. The summed E-state index contributed by atoms with van der Waals surface area (Å²) in [5.74, 6) is 0.234. The molecule has 1 unspecified atom stereocenters. The molecule has 0 radical (unpaired) electrons. The minimum atomic E-state index is -0.157. The van der Waals surface area contributed by atoms with Crippen LogP contribution in [0.25, 0.3) is 0 Å². The van der Waals surface area contributed by atoms with E-state index in [1.807, 2.05) is 13.0 Å². The molecule has 1 N–H and O–H groups in total. The van der Waals surface area contributed by atoms with Gasteiger partial charge in [0.25, 0.3) is 5.88 Å². The Bertz CT molecular complexity index is 514. The van der Waals surface area contributed by atoms with Crippen molar-refractivity contribution in [3.8, 4) is 11.9 Å². The first-order valence-electron chi connectivity index (χ1n) is 6.65. The lowest BCUT2D eigenvalue weighted by Crippen LogP contribution is -2.48. The summed E-state index contributed by atoms with van der Waals surface area (Å²) in [5.41, 5.74) is 0.169. The lowest BCUT2D eigenvalue weighted by molar-refractivity contribution is 0.0974. The fraction of sp³-hybridized carbons (Fsp3) is 0.538. The van der Waals surface area contributed by atoms with Gasteiger partial charge in [0.05, 0.1) is 6.54 Å². The number of aromatic nitrogens is 2. The molecule has 1 fully saturated rings. The van der Waals surface area contributed by atoms with E-state index in [2.05, 4.69) is 15.3 Å². The normalized spacial score (nSPS) is 18.2. The van der Waals surface area contributed by atoms with Crippen molar-refractivity contribution in [2.24, 2.45) is 0 Å². The molecule has 0 aromatic carbocycles. The van der Waals surface area contributed by atoms with Gasteiger partial charge in [-0.15, -0.1) is 0 Å². The zero-order valence-electron chi connectivity index (χ0n) is 11.4. The Kier molecular flexibility index (Phi) is 4.71. The van der Waals surface area contributed by atoms with Crippen LogP contribution in [0.1, 0.15) is 25.5 Å². The van der Waals surface area contributed by atoms with Crippen molar-refractivity contribution in [3.05, 3.63) is 18.1 Å². The number of likely N-dealkylation sites (tertiary alicyclic amines) is 1. The molecule has 2 heterocycles. The fourth-order valence-corrected chi connectivity index (χ4v) is 2.13. The maximum absolute atomic E-state index is 11.8. The average Bonchev–Trinajstić information content (AvgIpc) is 2.48. The molecule has 2 amide bonds. The zero-order chi connectivity index (χ0) is 14.4. The van der Waals surface area contributed by atoms with Gasteiger partial charge in [-0.25, -0.2) is 14.8 Å². The fourth-order valence-electron chi connectivity index (χ4n) is 2.13. The Labute approximate surface area is 117 Å². The van der Waals surface area contributed by atoms with Crippen molar-refractivity contribution < 1.29 is 9.53 Å². The molecule has 7 heteroatoms. The lowest BCUT2D eigenvalue weighted by atomic mass is 10.1. The first-order chi connectivity index (χ1) is 9.74. The van der Waals surface area contributed by atoms with E-state index in [1.165, 1.54) is 12.4 Å². The molecule has 1 aromatic heterocycles. The van der Waals surface area contributed by atoms with Crippen molar-refractivity contribution in [1.82, 2.24) is 20.2 Å². The van der Waals surface area contributed by atoms with Gasteiger partial charge >= 0.3 is 6.03 Å². The third-order valence-electron chi connectivity index (χ3n) is 3.04. The topological polar surface area (TPSA) is 91.1 Å². The summed E-state index contributed by atoms with van der Waals surface area (Å²) in [6.07, 6.45) is 4.48. The molecule has 0 saturated carbocycles. The Hall–Kier alpha value is -2.36. The van der Waals surface area contributed by atoms with Crippen LogP contribution in [-0.2, 0) is 0 Å². The predicted octanol–water partition coefficient (Wildman–Crippen LogP) is 0.921. The van der Waals surface area contributed by atoms with E-state index >= 15 is 0 Å². The van der Waals surface area contributed by atoms with Crippen LogP contribution >= 0.6 is 0 Å². The van der Waals surface area contributed by atoms with Gasteiger partial charge in [-0.1, -0.05) is 0 Å². The molecular weight excluding hydrogens is 258 g/mol. The minimum absolute atomic E-state index is 0.0829. The third-order valence-corrected chi connectivity index (χ3v) is 3.04. The summed E-state index contributed by atoms with van der Waals surface area (Å²) in [7, 11) is 0. The van der Waals surface area contributed by atoms with Crippen LogP contribution in [0.15, 0.2) is 12.4 Å². The van der Waals surface area contributed by atoms with E-state index in [0.717, 1.165) is 19.4 Å². The number of carbonyl (C=O) groups is 1. The second-order valence-corrected chi connectivity index (χ2v) is 4.49. The van der Waals surface area contributed by atoms with Crippen LogP contribution in [0.2, 0.25) is 0 Å². The average molecular weight is 275 g/mol. The van der Waals surface area contributed by atoms with Gasteiger partial charge in [0.1, 0.15) is 12.2 Å². The van der Waals surface area contributed by atoms with E-state index in [4.69, 9.17) is 10.00 Å². The molecule has 7 nitrogen and oxygen atoms in total. The number of ether oxygens (including phenoxy) is 1. The SMILES string of the molecule is CCNC(=O)N1CCCC(Oc2nccnc2C#N)C1. The van der Waals surface area contributed by atoms with Crippen molar-refractivity contribution in [3.63, 3.8) is 0 Å². The van der Waals surface area contributed by atoms with Crippen molar-refractivity contribution in [1.29, 1.82) is 5.26 Å². The highest BCUT2D eigenvalue weighted by Crippen LogP contribution is 2.18. The number of nitriles is 1. The Balaban J connectivity index is 1.99. The monoisotopic (exact) mass is 275 g/mol. The van der Waals surface area contributed by atoms with E-state index in [9.17, 15) is 4.79 Å². The van der Waals surface area contributed by atoms with Crippen LogP contribution < -0.4 is 10.1 Å². The third kappa shape index (κ3) is 3.35. The summed E-state index contributed by atoms with van der Waals surface area (Å²) in [5, 5.41) is 11.7. The van der Waals surface area contributed by atoms with Gasteiger partial charge < -0.3 is 15.0 Å². The Morgan fingerprint density at radius 2 is 2.40 bits per heavy atom. The van der Waals surface area contributed by atoms with E-state index < -0.39 is 0 Å². The highest BCUT2D eigenvalue weighted by Gasteiger charge is 2.25. The van der Waals surface area contributed by atoms with Crippen LogP contribution in [-0.4, -0.2) is 46.6 Å². The first kappa shape index (κ1) is 14.1. The van der Waals surface area contributed by atoms with E-state index in [1.54, 1.807) is 4.90 Å². The molecule has 106 valence electrons. The number of urea groups is 1. The van der Waals surface area contributed by atoms with E-state index in [0.29, 0.717) is 13.1 Å². The highest BCUT2D eigenvalue weighted by atomic mass is 16.5. The standard InChI is InChI=1S/C13H17N5O2/c1-2-15-13(19)18-7-3-4-10(9-18)20-12-11(8-14)16-5-6-17-12/h5-6,10H,2-4,7,9H2,1H3,(H,15,19). The number of amides is 2. The maximum Gasteiger partial charge on any atom is 0.317 e. The largest absolute Gasteiger partial charge is 0.470 e. The molecule has 0 aliphatic carbocycles. The second-order valence-electron chi connectivity index (χ2n) is 4.49. The summed E-state index contributed by atoms with van der Waals surface area (Å²) < 4.78 is 5.72. The molecule has 1 aromatic rings. The predicted molar refractivity (Wildman–Crippen MR) is 71.0 cm³/mol. The van der Waals surface area contributed by atoms with Crippen molar-refractivity contribution in [2.45, 2.75) is 25.9 Å². The van der Waals surface area contributed by atoms with Gasteiger partial charge in [0, 0.05) is 25.5 Å². The number of hydrogen-bond acceptors (Lipinski definition) is 5. The molecule has 0 bridgehead atoms. The van der Waals surface area contributed by atoms with Crippen LogP contribution in [0, 0.1) is 11.3 Å². The maximum atomic E-state index is 11.8. The van der Waals surface area contributed by atoms with Gasteiger partial charge in [-0.2, -0.15) is 5.26 Å². The summed E-state index contributed by atoms with van der Waals surface area (Å²) in [4.78, 5) is 21.4. The lowest BCUT2D eigenvalue weighted by Gasteiger charge is -2.32. The quantitative estimate of drug-likeness (QED) is 0.885. The molecule has 1 atom stereocenters. The number of carbonyl (C=O) groups excluding carboxylic acids is 1. The number of piperidine rings is 1. The van der Waals surface area contributed by atoms with Crippen LogP contribution in [0.5, 0.6) is 5.88 Å². The molecular formula is C13H17N5O2. The summed E-state index contributed by atoms with van der Waals surface area (Å²) in [6.45, 7) is 3.70. The Morgan fingerprint density at radius 3 is 3.15 bits per heavy atom. The molecule has 1 aliphatic rings. The summed E-state index contributed by atoms with van der Waals surface area (Å²) >= 11 is 0. The molecule has 2 rings (SSSR count). The number of rotatable bonds is 3. The van der Waals surface area contributed by atoms with E-state index in [-0.39, 0.29) is 23.7 Å². The van der Waals surface area contributed by atoms with Crippen molar-refractivity contribution >= 4 is 6.03 Å². The highest BCUT2D eigenvalue weighted by molar-refractivity contribution is 5.74. The first-order valence-corrected chi connectivity index (χ1v) is 6.65. The molecule has 0 spiro atoms.